The lowest BCUT2D eigenvalue weighted by molar-refractivity contribution is 0.371. The fourth-order valence-electron chi connectivity index (χ4n) is 2.02. The summed E-state index contributed by atoms with van der Waals surface area (Å²) in [6.45, 7) is 2.29. The van der Waals surface area contributed by atoms with Crippen molar-refractivity contribution in [1.29, 1.82) is 0 Å². The zero-order valence-corrected chi connectivity index (χ0v) is 6.09. The minimum atomic E-state index is 0.314. The van der Waals surface area contributed by atoms with Gasteiger partial charge >= 0.3 is 0 Å². The lowest BCUT2D eigenvalue weighted by Gasteiger charge is -2.25. The molecular weight excluding hydrogens is 124 g/mol. The van der Waals surface area contributed by atoms with E-state index in [-0.39, 0.29) is 0 Å². The van der Waals surface area contributed by atoms with Crippen LogP contribution in [0.5, 0.6) is 0 Å². The van der Waals surface area contributed by atoms with Crippen LogP contribution < -0.4 is 11.1 Å². The van der Waals surface area contributed by atoms with E-state index in [1.165, 1.54) is 13.0 Å². The van der Waals surface area contributed by atoms with Crippen molar-refractivity contribution in [2.24, 2.45) is 17.6 Å². The summed E-state index contributed by atoms with van der Waals surface area (Å²) in [7, 11) is 0. The molecule has 1 fully saturated rings. The van der Waals surface area contributed by atoms with Crippen LogP contribution in [0.1, 0.15) is 6.42 Å². The molecule has 0 aromatic carbocycles. The van der Waals surface area contributed by atoms with E-state index in [0.717, 1.165) is 12.5 Å². The summed E-state index contributed by atoms with van der Waals surface area (Å²) >= 11 is 0. The third-order valence-electron chi connectivity index (χ3n) is 2.68. The van der Waals surface area contributed by atoms with Gasteiger partial charge in [-0.05, 0) is 24.8 Å². The molecule has 2 aliphatic rings. The van der Waals surface area contributed by atoms with E-state index in [1.807, 2.05) is 0 Å². The average Bonchev–Trinajstić information content (AvgIpc) is 2.36. The SMILES string of the molecule is N[C@H]1C=CC[C@@H]2CNC[C@@H]21. The van der Waals surface area contributed by atoms with Crippen LogP contribution in [0, 0.1) is 11.8 Å². The molecule has 1 heterocycles. The van der Waals surface area contributed by atoms with Crippen molar-refractivity contribution in [2.45, 2.75) is 12.5 Å². The van der Waals surface area contributed by atoms with Crippen LogP contribution >= 0.6 is 0 Å². The van der Waals surface area contributed by atoms with Crippen molar-refractivity contribution in [1.82, 2.24) is 5.32 Å². The molecule has 10 heavy (non-hydrogen) atoms. The van der Waals surface area contributed by atoms with E-state index in [1.54, 1.807) is 0 Å². The van der Waals surface area contributed by atoms with Crippen LogP contribution in [-0.2, 0) is 0 Å². The Morgan fingerprint density at radius 1 is 1.40 bits per heavy atom. The largest absolute Gasteiger partial charge is 0.324 e. The van der Waals surface area contributed by atoms with Gasteiger partial charge in [0.2, 0.25) is 0 Å². The topological polar surface area (TPSA) is 38.0 Å². The van der Waals surface area contributed by atoms with Gasteiger partial charge in [-0.2, -0.15) is 0 Å². The van der Waals surface area contributed by atoms with Crippen molar-refractivity contribution < 1.29 is 0 Å². The second-order valence-corrected chi connectivity index (χ2v) is 3.32. The van der Waals surface area contributed by atoms with Gasteiger partial charge in [0, 0.05) is 12.6 Å². The zero-order chi connectivity index (χ0) is 6.97. The van der Waals surface area contributed by atoms with Gasteiger partial charge < -0.3 is 11.1 Å². The summed E-state index contributed by atoms with van der Waals surface area (Å²) < 4.78 is 0. The molecule has 0 bridgehead atoms. The standard InChI is InChI=1S/C8H14N2/c9-8-3-1-2-6-4-10-5-7(6)8/h1,3,6-8,10H,2,4-5,9H2/t6-,7+,8+/m1/s1. The highest BCUT2D eigenvalue weighted by atomic mass is 14.9. The minimum Gasteiger partial charge on any atom is -0.324 e. The molecular formula is C8H14N2. The Hall–Kier alpha value is -0.340. The quantitative estimate of drug-likeness (QED) is 0.466. The molecule has 0 spiro atoms. The Morgan fingerprint density at radius 3 is 3.10 bits per heavy atom. The Balaban J connectivity index is 2.13. The van der Waals surface area contributed by atoms with Gasteiger partial charge in [0.1, 0.15) is 0 Å². The normalized spacial score (nSPS) is 45.5. The molecule has 1 aliphatic heterocycles. The maximum atomic E-state index is 5.89. The average molecular weight is 138 g/mol. The molecule has 1 saturated heterocycles. The van der Waals surface area contributed by atoms with E-state index >= 15 is 0 Å². The molecule has 0 radical (unpaired) electrons. The van der Waals surface area contributed by atoms with Gasteiger partial charge in [-0.1, -0.05) is 12.2 Å². The summed E-state index contributed by atoms with van der Waals surface area (Å²) in [6.07, 6.45) is 5.60. The Morgan fingerprint density at radius 2 is 2.30 bits per heavy atom. The number of fused-ring (bicyclic) bond motifs is 1. The lowest BCUT2D eigenvalue weighted by Crippen LogP contribution is -2.35. The fraction of sp³-hybridized carbons (Fsp3) is 0.750. The van der Waals surface area contributed by atoms with Gasteiger partial charge in [-0.3, -0.25) is 0 Å². The number of hydrogen-bond acceptors (Lipinski definition) is 2. The summed E-state index contributed by atoms with van der Waals surface area (Å²) in [4.78, 5) is 0. The minimum absolute atomic E-state index is 0.314. The molecule has 2 heteroatoms. The first-order chi connectivity index (χ1) is 4.88. The molecule has 3 N–H and O–H groups in total. The van der Waals surface area contributed by atoms with E-state index in [9.17, 15) is 0 Å². The molecule has 2 nitrogen and oxygen atoms in total. The highest BCUT2D eigenvalue weighted by Crippen LogP contribution is 2.27. The first kappa shape index (κ1) is 6.38. The van der Waals surface area contributed by atoms with Crippen LogP contribution in [0.3, 0.4) is 0 Å². The summed E-state index contributed by atoms with van der Waals surface area (Å²) in [5, 5.41) is 3.37. The third-order valence-corrected chi connectivity index (χ3v) is 2.68. The van der Waals surface area contributed by atoms with Crippen molar-refractivity contribution in [3.05, 3.63) is 12.2 Å². The van der Waals surface area contributed by atoms with Gasteiger partial charge in [-0.25, -0.2) is 0 Å². The predicted molar refractivity (Wildman–Crippen MR) is 41.6 cm³/mol. The van der Waals surface area contributed by atoms with Crippen LogP contribution in [0.4, 0.5) is 0 Å². The summed E-state index contributed by atoms with van der Waals surface area (Å²) in [5.74, 6) is 1.53. The highest BCUT2D eigenvalue weighted by molar-refractivity contribution is 5.06. The number of hydrogen-bond donors (Lipinski definition) is 2. The smallest absolute Gasteiger partial charge is 0.0267 e. The second-order valence-electron chi connectivity index (χ2n) is 3.32. The number of allylic oxidation sites excluding steroid dienone is 1. The van der Waals surface area contributed by atoms with Gasteiger partial charge in [0.15, 0.2) is 0 Å². The maximum Gasteiger partial charge on any atom is 0.0267 e. The van der Waals surface area contributed by atoms with Crippen LogP contribution in [0.2, 0.25) is 0 Å². The molecule has 0 aromatic rings. The Kier molecular flexibility index (Phi) is 1.51. The van der Waals surface area contributed by atoms with Crippen molar-refractivity contribution >= 4 is 0 Å². The Bertz CT molecular complexity index is 153. The number of nitrogens with one attached hydrogen (secondary N) is 1. The predicted octanol–water partition coefficient (Wildman–Crippen LogP) is 0.109. The fourth-order valence-corrected chi connectivity index (χ4v) is 2.02. The molecule has 0 unspecified atom stereocenters. The maximum absolute atomic E-state index is 5.89. The molecule has 0 aromatic heterocycles. The first-order valence-corrected chi connectivity index (χ1v) is 4.01. The molecule has 0 amide bonds. The summed E-state index contributed by atoms with van der Waals surface area (Å²) in [5.41, 5.74) is 5.89. The molecule has 2 rings (SSSR count). The highest BCUT2D eigenvalue weighted by Gasteiger charge is 2.31. The number of nitrogens with two attached hydrogens (primary N) is 1. The van der Waals surface area contributed by atoms with E-state index in [0.29, 0.717) is 12.0 Å². The van der Waals surface area contributed by atoms with Gasteiger partial charge in [0.05, 0.1) is 0 Å². The van der Waals surface area contributed by atoms with Crippen molar-refractivity contribution in [3.63, 3.8) is 0 Å². The van der Waals surface area contributed by atoms with Crippen LogP contribution in [-0.4, -0.2) is 19.1 Å². The molecule has 56 valence electrons. The molecule has 3 atom stereocenters. The number of rotatable bonds is 0. The van der Waals surface area contributed by atoms with Gasteiger partial charge in [0.25, 0.3) is 0 Å². The van der Waals surface area contributed by atoms with Crippen molar-refractivity contribution in [2.75, 3.05) is 13.1 Å². The first-order valence-electron chi connectivity index (χ1n) is 4.01. The monoisotopic (exact) mass is 138 g/mol. The van der Waals surface area contributed by atoms with Crippen LogP contribution in [0.25, 0.3) is 0 Å². The molecule has 0 saturated carbocycles. The lowest BCUT2D eigenvalue weighted by atomic mass is 9.83. The van der Waals surface area contributed by atoms with Gasteiger partial charge in [-0.15, -0.1) is 0 Å². The van der Waals surface area contributed by atoms with Crippen LogP contribution in [0.15, 0.2) is 12.2 Å². The molecule has 1 aliphatic carbocycles. The second kappa shape index (κ2) is 2.36. The van der Waals surface area contributed by atoms with E-state index < -0.39 is 0 Å². The van der Waals surface area contributed by atoms with E-state index in [2.05, 4.69) is 17.5 Å². The van der Waals surface area contributed by atoms with Crippen molar-refractivity contribution in [3.8, 4) is 0 Å². The Labute approximate surface area is 61.5 Å². The third kappa shape index (κ3) is 0.879. The zero-order valence-electron chi connectivity index (χ0n) is 6.09. The van der Waals surface area contributed by atoms with E-state index in [4.69, 9.17) is 5.73 Å². The summed E-state index contributed by atoms with van der Waals surface area (Å²) in [6, 6.07) is 0.314.